The summed E-state index contributed by atoms with van der Waals surface area (Å²) in [5.74, 6) is 5.79. The number of nitrogens with two attached hydrogens (primary N) is 1. The minimum atomic E-state index is 0.211. The van der Waals surface area contributed by atoms with Crippen LogP contribution in [0.25, 0.3) is 10.1 Å². The van der Waals surface area contributed by atoms with Crippen LogP contribution in [0.15, 0.2) is 29.6 Å². The molecular formula is C16H22N2OS. The van der Waals surface area contributed by atoms with E-state index in [1.807, 2.05) is 0 Å². The Kier molecular flexibility index (Phi) is 4.68. The summed E-state index contributed by atoms with van der Waals surface area (Å²) >= 11 is 1.79. The molecule has 2 heterocycles. The molecule has 0 spiro atoms. The molecule has 0 radical (unpaired) electrons. The molecular weight excluding hydrogens is 268 g/mol. The molecule has 3 rings (SSSR count). The van der Waals surface area contributed by atoms with E-state index in [-0.39, 0.29) is 6.04 Å². The summed E-state index contributed by atoms with van der Waals surface area (Å²) in [6, 6.07) is 8.84. The number of benzene rings is 1. The standard InChI is InChI=1S/C16H22N2OS/c17-18-15(8-7-13-5-1-2-10-19-13)14-6-3-4-12-9-11-20-16(12)14/h3-4,6,9,11,13,15,18H,1-2,5,7-8,10,17H2. The zero-order chi connectivity index (χ0) is 13.8. The first kappa shape index (κ1) is 14.0. The molecule has 0 amide bonds. The van der Waals surface area contributed by atoms with E-state index in [4.69, 9.17) is 10.6 Å². The van der Waals surface area contributed by atoms with Crippen molar-refractivity contribution >= 4 is 21.4 Å². The van der Waals surface area contributed by atoms with Crippen molar-refractivity contribution in [2.75, 3.05) is 6.61 Å². The van der Waals surface area contributed by atoms with Crippen molar-refractivity contribution in [3.8, 4) is 0 Å². The smallest absolute Gasteiger partial charge is 0.0575 e. The molecule has 2 aromatic rings. The van der Waals surface area contributed by atoms with Crippen LogP contribution in [-0.2, 0) is 4.74 Å². The van der Waals surface area contributed by atoms with E-state index in [1.165, 1.54) is 34.9 Å². The topological polar surface area (TPSA) is 47.3 Å². The highest BCUT2D eigenvalue weighted by Crippen LogP contribution is 2.31. The van der Waals surface area contributed by atoms with E-state index >= 15 is 0 Å². The van der Waals surface area contributed by atoms with Gasteiger partial charge in [-0.15, -0.1) is 11.3 Å². The molecule has 3 nitrogen and oxygen atoms in total. The molecule has 1 aliphatic heterocycles. The van der Waals surface area contributed by atoms with Crippen molar-refractivity contribution in [2.24, 2.45) is 5.84 Å². The lowest BCUT2D eigenvalue weighted by atomic mass is 9.97. The Morgan fingerprint density at radius 3 is 3.10 bits per heavy atom. The highest BCUT2D eigenvalue weighted by Gasteiger charge is 2.18. The van der Waals surface area contributed by atoms with Gasteiger partial charge in [0.15, 0.2) is 0 Å². The third kappa shape index (κ3) is 3.04. The number of hydrazine groups is 1. The lowest BCUT2D eigenvalue weighted by Gasteiger charge is -2.25. The summed E-state index contributed by atoms with van der Waals surface area (Å²) in [7, 11) is 0. The van der Waals surface area contributed by atoms with Gasteiger partial charge in [-0.05, 0) is 54.5 Å². The average Bonchev–Trinajstić information content (AvgIpc) is 2.98. The SMILES string of the molecule is NNC(CCC1CCCCO1)c1cccc2ccsc12. The number of nitrogens with one attached hydrogen (secondary N) is 1. The van der Waals surface area contributed by atoms with Gasteiger partial charge in [-0.2, -0.15) is 0 Å². The second kappa shape index (κ2) is 6.68. The molecule has 108 valence electrons. The Morgan fingerprint density at radius 1 is 1.35 bits per heavy atom. The molecule has 1 fully saturated rings. The molecule has 2 unspecified atom stereocenters. The van der Waals surface area contributed by atoms with Crippen molar-refractivity contribution in [2.45, 2.75) is 44.2 Å². The van der Waals surface area contributed by atoms with E-state index in [1.54, 1.807) is 11.3 Å². The second-order valence-corrected chi connectivity index (χ2v) is 6.39. The van der Waals surface area contributed by atoms with E-state index < -0.39 is 0 Å². The van der Waals surface area contributed by atoms with Crippen LogP contribution in [0.1, 0.15) is 43.7 Å². The van der Waals surface area contributed by atoms with Gasteiger partial charge < -0.3 is 4.74 Å². The third-order valence-corrected chi connectivity index (χ3v) is 5.12. The summed E-state index contributed by atoms with van der Waals surface area (Å²) in [4.78, 5) is 0. The van der Waals surface area contributed by atoms with Crippen molar-refractivity contribution in [1.82, 2.24) is 5.43 Å². The van der Waals surface area contributed by atoms with Crippen LogP contribution in [0.3, 0.4) is 0 Å². The highest BCUT2D eigenvalue weighted by molar-refractivity contribution is 7.17. The van der Waals surface area contributed by atoms with Crippen LogP contribution >= 0.6 is 11.3 Å². The third-order valence-electron chi connectivity index (χ3n) is 4.14. The van der Waals surface area contributed by atoms with E-state index in [2.05, 4.69) is 35.1 Å². The molecule has 20 heavy (non-hydrogen) atoms. The van der Waals surface area contributed by atoms with Crippen molar-refractivity contribution in [3.63, 3.8) is 0 Å². The number of ether oxygens (including phenoxy) is 1. The number of fused-ring (bicyclic) bond motifs is 1. The second-order valence-electron chi connectivity index (χ2n) is 5.47. The van der Waals surface area contributed by atoms with E-state index in [0.717, 1.165) is 19.4 Å². The minimum Gasteiger partial charge on any atom is -0.378 e. The Morgan fingerprint density at radius 2 is 2.30 bits per heavy atom. The first-order chi connectivity index (χ1) is 9.88. The van der Waals surface area contributed by atoms with Gasteiger partial charge in [0, 0.05) is 17.3 Å². The van der Waals surface area contributed by atoms with Gasteiger partial charge in [0.25, 0.3) is 0 Å². The lowest BCUT2D eigenvalue weighted by Crippen LogP contribution is -2.29. The average molecular weight is 290 g/mol. The van der Waals surface area contributed by atoms with Gasteiger partial charge in [0.1, 0.15) is 0 Å². The normalized spacial score (nSPS) is 21.1. The number of hydrogen-bond acceptors (Lipinski definition) is 4. The van der Waals surface area contributed by atoms with Gasteiger partial charge in [-0.3, -0.25) is 11.3 Å². The fourth-order valence-corrected chi connectivity index (χ4v) is 3.98. The van der Waals surface area contributed by atoms with Crippen LogP contribution < -0.4 is 11.3 Å². The summed E-state index contributed by atoms with van der Waals surface area (Å²) in [5, 5.41) is 3.45. The minimum absolute atomic E-state index is 0.211. The summed E-state index contributed by atoms with van der Waals surface area (Å²) in [6.45, 7) is 0.923. The molecule has 4 heteroatoms. The maximum absolute atomic E-state index is 5.82. The maximum Gasteiger partial charge on any atom is 0.0575 e. The Bertz CT molecular complexity index is 548. The Labute approximate surface area is 124 Å². The van der Waals surface area contributed by atoms with Crippen molar-refractivity contribution in [3.05, 3.63) is 35.2 Å². The van der Waals surface area contributed by atoms with Crippen molar-refractivity contribution in [1.29, 1.82) is 0 Å². The van der Waals surface area contributed by atoms with Gasteiger partial charge in [-0.25, -0.2) is 0 Å². The maximum atomic E-state index is 5.82. The fraction of sp³-hybridized carbons (Fsp3) is 0.500. The molecule has 0 bridgehead atoms. The molecule has 0 saturated carbocycles. The monoisotopic (exact) mass is 290 g/mol. The molecule has 1 aromatic heterocycles. The molecule has 1 saturated heterocycles. The number of rotatable bonds is 5. The molecule has 2 atom stereocenters. The molecule has 0 aliphatic carbocycles. The molecule has 1 aromatic carbocycles. The summed E-state index contributed by atoms with van der Waals surface area (Å²) < 4.78 is 7.16. The first-order valence-electron chi connectivity index (χ1n) is 7.42. The summed E-state index contributed by atoms with van der Waals surface area (Å²) in [6.07, 6.45) is 6.23. The van der Waals surface area contributed by atoms with Crippen molar-refractivity contribution < 1.29 is 4.74 Å². The quantitative estimate of drug-likeness (QED) is 0.651. The van der Waals surface area contributed by atoms with Gasteiger partial charge >= 0.3 is 0 Å². The predicted molar refractivity (Wildman–Crippen MR) is 84.7 cm³/mol. The highest BCUT2D eigenvalue weighted by atomic mass is 32.1. The predicted octanol–water partition coefficient (Wildman–Crippen LogP) is 3.76. The molecule has 3 N–H and O–H groups in total. The first-order valence-corrected chi connectivity index (χ1v) is 8.30. The van der Waals surface area contributed by atoms with E-state index in [9.17, 15) is 0 Å². The fourth-order valence-electron chi connectivity index (χ4n) is 3.01. The van der Waals surface area contributed by atoms with Crippen LogP contribution in [0.5, 0.6) is 0 Å². The van der Waals surface area contributed by atoms with Crippen LogP contribution in [0.2, 0.25) is 0 Å². The van der Waals surface area contributed by atoms with E-state index in [0.29, 0.717) is 6.10 Å². The zero-order valence-corrected chi connectivity index (χ0v) is 12.5. The van der Waals surface area contributed by atoms with Crippen LogP contribution in [-0.4, -0.2) is 12.7 Å². The zero-order valence-electron chi connectivity index (χ0n) is 11.7. The van der Waals surface area contributed by atoms with Gasteiger partial charge in [0.05, 0.1) is 6.10 Å². The number of thiophene rings is 1. The Hall–Kier alpha value is -0.940. The molecule has 1 aliphatic rings. The van der Waals surface area contributed by atoms with Crippen LogP contribution in [0.4, 0.5) is 0 Å². The number of hydrogen-bond donors (Lipinski definition) is 2. The largest absolute Gasteiger partial charge is 0.378 e. The summed E-state index contributed by atoms with van der Waals surface area (Å²) in [5.41, 5.74) is 4.31. The van der Waals surface area contributed by atoms with Gasteiger partial charge in [-0.1, -0.05) is 18.2 Å². The Balaban J connectivity index is 1.70. The van der Waals surface area contributed by atoms with Crippen LogP contribution in [0, 0.1) is 0 Å². The lowest BCUT2D eigenvalue weighted by molar-refractivity contribution is 0.00857. The van der Waals surface area contributed by atoms with Gasteiger partial charge in [0.2, 0.25) is 0 Å².